The Bertz CT molecular complexity index is 737. The van der Waals surface area contributed by atoms with Crippen molar-refractivity contribution in [2.24, 2.45) is 0 Å². The number of carbonyl (C=O) groups excluding carboxylic acids is 2. The third kappa shape index (κ3) is 3.98. The van der Waals surface area contributed by atoms with Gasteiger partial charge in [0, 0.05) is 30.8 Å². The highest BCUT2D eigenvalue weighted by Gasteiger charge is 2.23. The zero-order valence-corrected chi connectivity index (χ0v) is 13.5. The molecule has 0 heterocycles. The minimum Gasteiger partial charge on any atom is -0.349 e. The van der Waals surface area contributed by atoms with E-state index in [1.807, 2.05) is 12.1 Å². The predicted molar refractivity (Wildman–Crippen MR) is 89.1 cm³/mol. The Morgan fingerprint density at radius 3 is 2.21 bits per heavy atom. The average Bonchev–Trinajstić information content (AvgIpc) is 3.39. The smallest absolute Gasteiger partial charge is 0.253 e. The van der Waals surface area contributed by atoms with Crippen LogP contribution in [-0.2, 0) is 6.54 Å². The summed E-state index contributed by atoms with van der Waals surface area (Å²) in [6.45, 7) is 0.417. The summed E-state index contributed by atoms with van der Waals surface area (Å²) in [5, 5.41) is 2.94. The molecule has 1 N–H and O–H groups in total. The minimum absolute atomic E-state index is 0.0557. The van der Waals surface area contributed by atoms with Gasteiger partial charge in [-0.15, -0.1) is 0 Å². The lowest BCUT2D eigenvalue weighted by atomic mass is 10.1. The monoisotopic (exact) mass is 326 g/mol. The van der Waals surface area contributed by atoms with Crippen molar-refractivity contribution in [3.8, 4) is 0 Å². The van der Waals surface area contributed by atoms with Crippen LogP contribution in [-0.4, -0.2) is 29.8 Å². The van der Waals surface area contributed by atoms with Crippen LogP contribution in [0.25, 0.3) is 0 Å². The second kappa shape index (κ2) is 6.83. The van der Waals surface area contributed by atoms with Crippen molar-refractivity contribution in [3.05, 3.63) is 71.0 Å². The molecule has 124 valence electrons. The van der Waals surface area contributed by atoms with Crippen molar-refractivity contribution in [3.63, 3.8) is 0 Å². The van der Waals surface area contributed by atoms with Crippen molar-refractivity contribution in [1.82, 2.24) is 10.2 Å². The molecule has 1 fully saturated rings. The molecule has 1 saturated carbocycles. The molecular formula is C19H19FN2O2. The van der Waals surface area contributed by atoms with Gasteiger partial charge in [0.2, 0.25) is 0 Å². The van der Waals surface area contributed by atoms with Gasteiger partial charge < -0.3 is 10.2 Å². The maximum absolute atomic E-state index is 12.9. The van der Waals surface area contributed by atoms with Crippen LogP contribution in [0, 0.1) is 5.82 Å². The number of hydrogen-bond acceptors (Lipinski definition) is 2. The zero-order chi connectivity index (χ0) is 17.1. The fourth-order valence-corrected chi connectivity index (χ4v) is 2.42. The Morgan fingerprint density at radius 2 is 1.62 bits per heavy atom. The van der Waals surface area contributed by atoms with E-state index in [-0.39, 0.29) is 17.6 Å². The topological polar surface area (TPSA) is 49.4 Å². The van der Waals surface area contributed by atoms with Crippen molar-refractivity contribution in [1.29, 1.82) is 0 Å². The molecule has 0 radical (unpaired) electrons. The van der Waals surface area contributed by atoms with Gasteiger partial charge in [0.15, 0.2) is 0 Å². The van der Waals surface area contributed by atoms with Crippen LogP contribution in [0.1, 0.15) is 39.1 Å². The normalized spacial score (nSPS) is 13.4. The largest absolute Gasteiger partial charge is 0.349 e. The lowest BCUT2D eigenvalue weighted by molar-refractivity contribution is 0.0784. The van der Waals surface area contributed by atoms with Gasteiger partial charge in [-0.05, 0) is 54.8 Å². The lowest BCUT2D eigenvalue weighted by Crippen LogP contribution is -2.26. The lowest BCUT2D eigenvalue weighted by Gasteiger charge is -2.17. The van der Waals surface area contributed by atoms with Crippen molar-refractivity contribution in [2.45, 2.75) is 25.4 Å². The van der Waals surface area contributed by atoms with E-state index < -0.39 is 0 Å². The van der Waals surface area contributed by atoms with Crippen LogP contribution < -0.4 is 5.32 Å². The van der Waals surface area contributed by atoms with E-state index in [4.69, 9.17) is 0 Å². The van der Waals surface area contributed by atoms with E-state index in [9.17, 15) is 14.0 Å². The summed E-state index contributed by atoms with van der Waals surface area (Å²) >= 11 is 0. The molecule has 1 aliphatic rings. The molecule has 0 atom stereocenters. The summed E-state index contributed by atoms with van der Waals surface area (Å²) in [5.41, 5.74) is 1.99. The van der Waals surface area contributed by atoms with E-state index in [0.29, 0.717) is 23.7 Å². The van der Waals surface area contributed by atoms with Gasteiger partial charge in [-0.2, -0.15) is 0 Å². The number of benzene rings is 2. The molecule has 0 bridgehead atoms. The maximum Gasteiger partial charge on any atom is 0.253 e. The van der Waals surface area contributed by atoms with Gasteiger partial charge >= 0.3 is 0 Å². The number of hydrogen-bond donors (Lipinski definition) is 1. The number of amides is 2. The average molecular weight is 326 g/mol. The summed E-state index contributed by atoms with van der Waals surface area (Å²) in [5.74, 6) is -0.598. The highest BCUT2D eigenvalue weighted by Crippen LogP contribution is 2.19. The molecule has 0 aromatic heterocycles. The third-order valence-electron chi connectivity index (χ3n) is 3.99. The minimum atomic E-state index is -0.366. The number of nitrogens with one attached hydrogen (secondary N) is 1. The van der Waals surface area contributed by atoms with Gasteiger partial charge in [0.25, 0.3) is 11.8 Å². The molecule has 1 aliphatic carbocycles. The van der Waals surface area contributed by atoms with Gasteiger partial charge in [0.05, 0.1) is 0 Å². The Labute approximate surface area is 140 Å². The zero-order valence-electron chi connectivity index (χ0n) is 13.5. The molecule has 5 heteroatoms. The number of halogens is 1. The first kappa shape index (κ1) is 16.2. The molecule has 2 aromatic rings. The van der Waals surface area contributed by atoms with Crippen LogP contribution in [0.4, 0.5) is 4.39 Å². The Kier molecular flexibility index (Phi) is 4.60. The fraction of sp³-hybridized carbons (Fsp3) is 0.263. The highest BCUT2D eigenvalue weighted by molar-refractivity contribution is 5.95. The highest BCUT2D eigenvalue weighted by atomic mass is 19.1. The first-order valence-corrected chi connectivity index (χ1v) is 7.94. The van der Waals surface area contributed by atoms with E-state index in [1.165, 1.54) is 24.3 Å². The van der Waals surface area contributed by atoms with Crippen molar-refractivity contribution >= 4 is 11.8 Å². The summed E-state index contributed by atoms with van der Waals surface area (Å²) in [6, 6.07) is 13.0. The van der Waals surface area contributed by atoms with Crippen LogP contribution in [0.15, 0.2) is 48.5 Å². The Hall–Kier alpha value is -2.69. The van der Waals surface area contributed by atoms with Crippen LogP contribution in [0.2, 0.25) is 0 Å². The molecule has 0 aliphatic heterocycles. The quantitative estimate of drug-likeness (QED) is 0.918. The van der Waals surface area contributed by atoms with E-state index >= 15 is 0 Å². The summed E-state index contributed by atoms with van der Waals surface area (Å²) < 4.78 is 12.9. The van der Waals surface area contributed by atoms with Gasteiger partial charge in [-0.1, -0.05) is 12.1 Å². The van der Waals surface area contributed by atoms with Crippen LogP contribution in [0.3, 0.4) is 0 Å². The molecule has 0 spiro atoms. The Balaban J connectivity index is 1.61. The number of carbonyl (C=O) groups is 2. The predicted octanol–water partition coefficient (Wildman–Crippen LogP) is 2.99. The van der Waals surface area contributed by atoms with E-state index in [0.717, 1.165) is 18.4 Å². The number of rotatable bonds is 5. The van der Waals surface area contributed by atoms with Gasteiger partial charge in [-0.25, -0.2) is 4.39 Å². The Morgan fingerprint density at radius 1 is 1.04 bits per heavy atom. The second-order valence-electron chi connectivity index (χ2n) is 6.11. The van der Waals surface area contributed by atoms with Crippen molar-refractivity contribution < 1.29 is 14.0 Å². The molecule has 3 rings (SSSR count). The van der Waals surface area contributed by atoms with Gasteiger partial charge in [-0.3, -0.25) is 9.59 Å². The van der Waals surface area contributed by atoms with Crippen LogP contribution >= 0.6 is 0 Å². The third-order valence-corrected chi connectivity index (χ3v) is 3.99. The molecule has 4 nitrogen and oxygen atoms in total. The van der Waals surface area contributed by atoms with Crippen LogP contribution in [0.5, 0.6) is 0 Å². The summed E-state index contributed by atoms with van der Waals surface area (Å²) in [7, 11) is 1.69. The fourth-order valence-electron chi connectivity index (χ4n) is 2.42. The van der Waals surface area contributed by atoms with E-state index in [1.54, 1.807) is 24.1 Å². The molecule has 0 saturated heterocycles. The first-order valence-electron chi connectivity index (χ1n) is 7.94. The second-order valence-corrected chi connectivity index (χ2v) is 6.11. The summed E-state index contributed by atoms with van der Waals surface area (Å²) in [4.78, 5) is 25.8. The molecule has 2 amide bonds. The van der Waals surface area contributed by atoms with E-state index in [2.05, 4.69) is 5.32 Å². The number of nitrogens with zero attached hydrogens (tertiary/aromatic N) is 1. The molecule has 2 aromatic carbocycles. The maximum atomic E-state index is 12.9. The first-order chi connectivity index (χ1) is 11.5. The van der Waals surface area contributed by atoms with Crippen molar-refractivity contribution in [2.75, 3.05) is 7.05 Å². The SMILES string of the molecule is CN(Cc1ccc(C(=O)NC2CC2)cc1)C(=O)c1ccc(F)cc1. The standard InChI is InChI=1S/C19H19FN2O2/c1-22(19(24)15-6-8-16(20)9-7-15)12-13-2-4-14(5-3-13)18(23)21-17-10-11-17/h2-9,17H,10-12H2,1H3,(H,21,23). The van der Waals surface area contributed by atoms with Gasteiger partial charge in [0.1, 0.15) is 5.82 Å². The molecule has 24 heavy (non-hydrogen) atoms. The molecular weight excluding hydrogens is 307 g/mol. The summed E-state index contributed by atoms with van der Waals surface area (Å²) in [6.07, 6.45) is 2.11. The molecule has 0 unspecified atom stereocenters.